The fourth-order valence-corrected chi connectivity index (χ4v) is 7.01. The molecule has 0 aliphatic heterocycles. The van der Waals surface area contributed by atoms with Gasteiger partial charge in [-0.1, -0.05) is 113 Å². The first-order valence-corrected chi connectivity index (χ1v) is 16.3. The molecular formula is C40H43IrN3S-2. The predicted molar refractivity (Wildman–Crippen MR) is 196 cm³/mol. The molecule has 0 amide bonds. The summed E-state index contributed by atoms with van der Waals surface area (Å²) < 4.78 is 2.61. The number of benzene rings is 4. The van der Waals surface area contributed by atoms with E-state index >= 15 is 0 Å². The van der Waals surface area contributed by atoms with Crippen molar-refractivity contribution in [2.75, 3.05) is 0 Å². The van der Waals surface area contributed by atoms with Gasteiger partial charge in [0, 0.05) is 52.3 Å². The second kappa shape index (κ2) is 14.4. The van der Waals surface area contributed by atoms with Gasteiger partial charge < -0.3 is 5.32 Å². The molecule has 0 aliphatic rings. The third-order valence-electron chi connectivity index (χ3n) is 7.39. The molecule has 1 radical (unpaired) electrons. The minimum atomic E-state index is 0. The van der Waals surface area contributed by atoms with Crippen molar-refractivity contribution in [1.29, 1.82) is 0 Å². The largest absolute Gasteiger partial charge is 0.686 e. The molecular weight excluding hydrogens is 747 g/mol. The number of fused-ring (bicyclic) bond motifs is 6. The summed E-state index contributed by atoms with van der Waals surface area (Å²) in [6.45, 7) is 19.2. The van der Waals surface area contributed by atoms with Crippen molar-refractivity contribution in [3.8, 4) is 11.3 Å². The summed E-state index contributed by atoms with van der Waals surface area (Å²) in [6, 6.07) is 32.5. The molecule has 0 N–H and O–H groups in total. The van der Waals surface area contributed by atoms with Crippen LogP contribution >= 0.6 is 11.3 Å². The molecule has 5 heteroatoms. The molecule has 0 saturated carbocycles. The van der Waals surface area contributed by atoms with Gasteiger partial charge >= 0.3 is 0 Å². The van der Waals surface area contributed by atoms with Crippen LogP contribution in [0, 0.1) is 6.07 Å². The van der Waals surface area contributed by atoms with Crippen LogP contribution in [0.25, 0.3) is 58.4 Å². The maximum absolute atomic E-state index is 5.20. The maximum Gasteiger partial charge on any atom is 0.0632 e. The van der Waals surface area contributed by atoms with Gasteiger partial charge in [-0.05, 0) is 49.1 Å². The number of aliphatic imine (C=N–C) groups is 1. The van der Waals surface area contributed by atoms with Crippen LogP contribution in [-0.2, 0) is 25.5 Å². The van der Waals surface area contributed by atoms with Crippen molar-refractivity contribution in [3.05, 3.63) is 108 Å². The summed E-state index contributed by atoms with van der Waals surface area (Å²) in [5.41, 5.74) is 6.60. The normalized spacial score (nSPS) is 12.6. The van der Waals surface area contributed by atoms with Gasteiger partial charge in [-0.2, -0.15) is 5.70 Å². The number of rotatable bonds is 5. The summed E-state index contributed by atoms with van der Waals surface area (Å²) in [5, 5.41) is 10.6. The summed E-state index contributed by atoms with van der Waals surface area (Å²) in [6.07, 6.45) is 2.03. The van der Waals surface area contributed by atoms with Crippen LogP contribution in [0.5, 0.6) is 0 Å². The number of hydrogen-bond acceptors (Lipinski definition) is 3. The van der Waals surface area contributed by atoms with Crippen molar-refractivity contribution in [1.82, 2.24) is 4.98 Å². The van der Waals surface area contributed by atoms with Gasteiger partial charge in [0.1, 0.15) is 0 Å². The van der Waals surface area contributed by atoms with E-state index in [1.165, 1.54) is 36.5 Å². The molecule has 45 heavy (non-hydrogen) atoms. The molecule has 2 heterocycles. The summed E-state index contributed by atoms with van der Waals surface area (Å²) in [4.78, 5) is 9.61. The first kappa shape index (κ1) is 34.5. The Bertz CT molecular complexity index is 2010. The zero-order valence-electron chi connectivity index (χ0n) is 27.8. The molecule has 0 spiro atoms. The second-order valence-corrected chi connectivity index (χ2v) is 14.1. The Hall–Kier alpha value is -3.37. The number of allylic oxidation sites excluding steroid dienone is 2. The van der Waals surface area contributed by atoms with Crippen molar-refractivity contribution in [2.24, 2.45) is 4.99 Å². The molecule has 0 atom stereocenters. The predicted octanol–water partition coefficient (Wildman–Crippen LogP) is 12.1. The minimum Gasteiger partial charge on any atom is -0.686 e. The molecule has 235 valence electrons. The monoisotopic (exact) mass is 790 g/mol. The van der Waals surface area contributed by atoms with Crippen molar-refractivity contribution in [3.63, 3.8) is 0 Å². The number of pyridine rings is 1. The molecule has 0 fully saturated rings. The smallest absolute Gasteiger partial charge is 0.0632 e. The SMILES string of the molecule is CC(/C=C(/C)[N-]C(C)C)=NC(C)C.CC(C)(C)c1cc(-c2nc3ccccc3c3sc4ccccc4c23)[c-]c2ccccc12.[Ir]. The molecule has 3 nitrogen and oxygen atoms in total. The van der Waals surface area contributed by atoms with E-state index < -0.39 is 0 Å². The molecule has 6 aromatic rings. The van der Waals surface area contributed by atoms with E-state index in [2.05, 4.69) is 144 Å². The van der Waals surface area contributed by atoms with Crippen molar-refractivity contribution in [2.45, 2.75) is 79.8 Å². The molecule has 0 unspecified atom stereocenters. The maximum atomic E-state index is 5.20. The number of hydrogen-bond donors (Lipinski definition) is 0. The fraction of sp³-hybridized carbons (Fsp3) is 0.300. The second-order valence-electron chi connectivity index (χ2n) is 13.0. The zero-order chi connectivity index (χ0) is 31.6. The molecule has 0 saturated heterocycles. The average molecular weight is 790 g/mol. The van der Waals surface area contributed by atoms with Crippen LogP contribution in [0.2, 0.25) is 0 Å². The number of aromatic nitrogens is 1. The van der Waals surface area contributed by atoms with Gasteiger partial charge in [0.15, 0.2) is 0 Å². The van der Waals surface area contributed by atoms with Gasteiger partial charge in [-0.25, -0.2) is 0 Å². The van der Waals surface area contributed by atoms with E-state index in [0.717, 1.165) is 33.6 Å². The van der Waals surface area contributed by atoms with Crippen LogP contribution in [0.3, 0.4) is 0 Å². The van der Waals surface area contributed by atoms with Crippen molar-refractivity contribution < 1.29 is 20.1 Å². The van der Waals surface area contributed by atoms with Gasteiger partial charge in [-0.15, -0.1) is 46.5 Å². The minimum absolute atomic E-state index is 0. The average Bonchev–Trinajstić information content (AvgIpc) is 3.35. The number of nitrogens with zero attached hydrogens (tertiary/aromatic N) is 3. The molecule has 0 bridgehead atoms. The topological polar surface area (TPSA) is 39.4 Å². The van der Waals surface area contributed by atoms with Crippen LogP contribution in [0.4, 0.5) is 0 Å². The van der Waals surface area contributed by atoms with E-state index in [1.54, 1.807) is 0 Å². The first-order valence-electron chi connectivity index (χ1n) is 15.5. The molecule has 2 aromatic heterocycles. The number of thiophene rings is 1. The quantitative estimate of drug-likeness (QED) is 0.127. The Morgan fingerprint density at radius 3 is 2.16 bits per heavy atom. The van der Waals surface area contributed by atoms with Gasteiger partial charge in [-0.3, -0.25) is 9.98 Å². The van der Waals surface area contributed by atoms with E-state index in [-0.39, 0.29) is 25.5 Å². The first-order chi connectivity index (χ1) is 20.9. The van der Waals surface area contributed by atoms with E-state index in [0.29, 0.717) is 12.1 Å². The Morgan fingerprint density at radius 2 is 1.49 bits per heavy atom. The standard InChI is InChI=1S/C29H22NS.C11H21N2.Ir/c1-29(2,3)23-17-19(16-18-10-4-5-11-20(18)23)27-26-22-13-7-9-15-25(22)31-28(26)21-12-6-8-14-24(21)30-27;1-8(2)12-10(5)7-11(6)13-9(3)4;/h4-15,17H,1-3H3;7-9H,1-6H3;/q2*-1;/b;10-7-,13-11?;. The third-order valence-corrected chi connectivity index (χ3v) is 8.60. The van der Waals surface area contributed by atoms with E-state index in [9.17, 15) is 0 Å². The van der Waals surface area contributed by atoms with Crippen LogP contribution in [0.1, 0.15) is 67.9 Å². The third kappa shape index (κ3) is 7.90. The van der Waals surface area contributed by atoms with Gasteiger partial charge in [0.2, 0.25) is 0 Å². The Kier molecular flexibility index (Phi) is 11.0. The van der Waals surface area contributed by atoms with E-state index in [1.807, 2.05) is 31.3 Å². The molecule has 4 aromatic carbocycles. The zero-order valence-corrected chi connectivity index (χ0v) is 31.0. The van der Waals surface area contributed by atoms with Crippen LogP contribution in [-0.4, -0.2) is 22.8 Å². The Labute approximate surface area is 286 Å². The van der Waals surface area contributed by atoms with E-state index in [4.69, 9.17) is 4.98 Å². The van der Waals surface area contributed by atoms with Crippen LogP contribution < -0.4 is 0 Å². The van der Waals surface area contributed by atoms with Gasteiger partial charge in [0.25, 0.3) is 0 Å². The number of para-hydroxylation sites is 1. The van der Waals surface area contributed by atoms with Crippen LogP contribution in [0.15, 0.2) is 95.6 Å². The molecule has 6 rings (SSSR count). The summed E-state index contributed by atoms with van der Waals surface area (Å²) in [7, 11) is 0. The molecule has 0 aliphatic carbocycles. The summed E-state index contributed by atoms with van der Waals surface area (Å²) in [5.74, 6) is 0. The Balaban J connectivity index is 0.000000283. The van der Waals surface area contributed by atoms with Crippen molar-refractivity contribution >= 4 is 58.9 Å². The van der Waals surface area contributed by atoms with Gasteiger partial charge in [0.05, 0.1) is 5.52 Å². The Morgan fingerprint density at radius 1 is 0.867 bits per heavy atom. The summed E-state index contributed by atoms with van der Waals surface area (Å²) >= 11 is 1.86. The fourth-order valence-electron chi connectivity index (χ4n) is 5.77.